The van der Waals surface area contributed by atoms with Crippen LogP contribution in [0.1, 0.15) is 27.2 Å². The number of amides is 1. The van der Waals surface area contributed by atoms with E-state index in [4.69, 9.17) is 4.74 Å². The van der Waals surface area contributed by atoms with Crippen LogP contribution in [-0.2, 0) is 4.74 Å². The number of hydrogen-bond acceptors (Lipinski definition) is 4. The second-order valence-corrected chi connectivity index (χ2v) is 6.10. The highest BCUT2D eigenvalue weighted by atomic mass is 16.6. The fraction of sp³-hybridized carbons (Fsp3) is 0.412. The van der Waals surface area contributed by atoms with Gasteiger partial charge in [0.05, 0.1) is 5.52 Å². The minimum Gasteiger partial charge on any atom is -0.444 e. The van der Waals surface area contributed by atoms with Gasteiger partial charge in [0, 0.05) is 18.5 Å². The van der Waals surface area contributed by atoms with E-state index in [-0.39, 0.29) is 6.09 Å². The van der Waals surface area contributed by atoms with Crippen LogP contribution in [0.3, 0.4) is 0 Å². The van der Waals surface area contributed by atoms with Crippen molar-refractivity contribution in [3.8, 4) is 0 Å². The number of anilines is 1. The molecular formula is C17H23N3O2. The third-order valence-electron chi connectivity index (χ3n) is 2.93. The van der Waals surface area contributed by atoms with Crippen LogP contribution in [0.25, 0.3) is 10.9 Å². The van der Waals surface area contributed by atoms with E-state index in [1.54, 1.807) is 0 Å². The Labute approximate surface area is 131 Å². The maximum atomic E-state index is 11.5. The Balaban J connectivity index is 1.71. The predicted octanol–water partition coefficient (Wildman–Crippen LogP) is 3.56. The number of alkyl carbamates (subject to hydrolysis) is 1. The van der Waals surface area contributed by atoms with Crippen LogP contribution in [0.5, 0.6) is 0 Å². The Morgan fingerprint density at radius 1 is 1.14 bits per heavy atom. The van der Waals surface area contributed by atoms with Crippen molar-refractivity contribution in [2.45, 2.75) is 32.8 Å². The number of fused-ring (bicyclic) bond motifs is 1. The van der Waals surface area contributed by atoms with E-state index in [1.165, 1.54) is 0 Å². The van der Waals surface area contributed by atoms with Crippen molar-refractivity contribution in [3.05, 3.63) is 36.4 Å². The van der Waals surface area contributed by atoms with Crippen LogP contribution in [0, 0.1) is 0 Å². The van der Waals surface area contributed by atoms with E-state index in [9.17, 15) is 4.79 Å². The summed E-state index contributed by atoms with van der Waals surface area (Å²) >= 11 is 0. The van der Waals surface area contributed by atoms with Crippen LogP contribution in [-0.4, -0.2) is 29.8 Å². The molecule has 0 atom stereocenters. The molecule has 0 aliphatic carbocycles. The average molecular weight is 301 g/mol. The van der Waals surface area contributed by atoms with Crippen molar-refractivity contribution in [1.82, 2.24) is 10.3 Å². The summed E-state index contributed by atoms with van der Waals surface area (Å²) < 4.78 is 5.17. The van der Waals surface area contributed by atoms with Crippen LogP contribution in [0.15, 0.2) is 36.4 Å². The van der Waals surface area contributed by atoms with Gasteiger partial charge in [0.25, 0.3) is 0 Å². The Morgan fingerprint density at radius 2 is 1.91 bits per heavy atom. The molecule has 0 radical (unpaired) electrons. The monoisotopic (exact) mass is 301 g/mol. The summed E-state index contributed by atoms with van der Waals surface area (Å²) in [5.41, 5.74) is 0.511. The van der Waals surface area contributed by atoms with Crippen molar-refractivity contribution in [1.29, 1.82) is 0 Å². The van der Waals surface area contributed by atoms with Gasteiger partial charge in [0.15, 0.2) is 0 Å². The van der Waals surface area contributed by atoms with Gasteiger partial charge in [-0.2, -0.15) is 0 Å². The van der Waals surface area contributed by atoms with Gasteiger partial charge in [-0.25, -0.2) is 9.78 Å². The molecule has 2 rings (SSSR count). The van der Waals surface area contributed by atoms with E-state index < -0.39 is 5.60 Å². The number of benzene rings is 1. The van der Waals surface area contributed by atoms with Gasteiger partial charge in [-0.15, -0.1) is 0 Å². The summed E-state index contributed by atoms with van der Waals surface area (Å²) in [6.07, 6.45) is 0.421. The number of pyridine rings is 1. The summed E-state index contributed by atoms with van der Waals surface area (Å²) in [7, 11) is 0. The zero-order valence-electron chi connectivity index (χ0n) is 13.3. The molecule has 1 amide bonds. The van der Waals surface area contributed by atoms with Gasteiger partial charge in [0.1, 0.15) is 11.4 Å². The molecule has 0 unspecified atom stereocenters. The lowest BCUT2D eigenvalue weighted by molar-refractivity contribution is 0.0528. The Bertz CT molecular complexity index is 635. The van der Waals surface area contributed by atoms with Crippen LogP contribution in [0.2, 0.25) is 0 Å². The van der Waals surface area contributed by atoms with Gasteiger partial charge in [0.2, 0.25) is 0 Å². The molecule has 1 aromatic heterocycles. The van der Waals surface area contributed by atoms with E-state index in [1.807, 2.05) is 57.2 Å². The number of nitrogens with zero attached hydrogens (tertiary/aromatic N) is 1. The molecule has 0 spiro atoms. The van der Waals surface area contributed by atoms with Crippen molar-refractivity contribution in [2.75, 3.05) is 18.4 Å². The zero-order valence-corrected chi connectivity index (χ0v) is 13.3. The number of aromatic nitrogens is 1. The van der Waals surface area contributed by atoms with Gasteiger partial charge < -0.3 is 15.4 Å². The molecule has 0 fully saturated rings. The molecule has 1 heterocycles. The molecule has 2 N–H and O–H groups in total. The first kappa shape index (κ1) is 16.1. The Kier molecular flexibility index (Phi) is 5.20. The van der Waals surface area contributed by atoms with Gasteiger partial charge in [-0.3, -0.25) is 0 Å². The van der Waals surface area contributed by atoms with Gasteiger partial charge in [-0.05, 0) is 45.4 Å². The molecule has 0 saturated carbocycles. The van der Waals surface area contributed by atoms with Gasteiger partial charge in [-0.1, -0.05) is 18.2 Å². The molecule has 0 saturated heterocycles. The second kappa shape index (κ2) is 7.11. The minimum atomic E-state index is -0.461. The molecule has 0 aliphatic rings. The largest absolute Gasteiger partial charge is 0.444 e. The second-order valence-electron chi connectivity index (χ2n) is 6.10. The average Bonchev–Trinajstić information content (AvgIpc) is 2.45. The van der Waals surface area contributed by atoms with E-state index in [0.29, 0.717) is 6.54 Å². The Morgan fingerprint density at radius 3 is 2.68 bits per heavy atom. The van der Waals surface area contributed by atoms with Gasteiger partial charge >= 0.3 is 6.09 Å². The quantitative estimate of drug-likeness (QED) is 0.829. The van der Waals surface area contributed by atoms with E-state index >= 15 is 0 Å². The van der Waals surface area contributed by atoms with Crippen molar-refractivity contribution in [3.63, 3.8) is 0 Å². The lowest BCUT2D eigenvalue weighted by Gasteiger charge is -2.19. The highest BCUT2D eigenvalue weighted by molar-refractivity contribution is 5.80. The zero-order chi connectivity index (χ0) is 16.0. The summed E-state index contributed by atoms with van der Waals surface area (Å²) in [6.45, 7) is 6.84. The maximum absolute atomic E-state index is 11.5. The summed E-state index contributed by atoms with van der Waals surface area (Å²) in [5.74, 6) is 0.843. The lowest BCUT2D eigenvalue weighted by Crippen LogP contribution is -2.33. The first-order valence-electron chi connectivity index (χ1n) is 7.50. The van der Waals surface area contributed by atoms with Crippen molar-refractivity contribution in [2.24, 2.45) is 0 Å². The highest BCUT2D eigenvalue weighted by Gasteiger charge is 2.15. The fourth-order valence-electron chi connectivity index (χ4n) is 1.97. The molecule has 22 heavy (non-hydrogen) atoms. The molecule has 1 aromatic carbocycles. The number of nitrogens with one attached hydrogen (secondary N) is 2. The summed E-state index contributed by atoms with van der Waals surface area (Å²) in [6, 6.07) is 12.0. The fourth-order valence-corrected chi connectivity index (χ4v) is 1.97. The molecule has 0 bridgehead atoms. The topological polar surface area (TPSA) is 63.2 Å². The number of para-hydroxylation sites is 1. The predicted molar refractivity (Wildman–Crippen MR) is 89.1 cm³/mol. The van der Waals surface area contributed by atoms with E-state index in [0.717, 1.165) is 29.7 Å². The lowest BCUT2D eigenvalue weighted by atomic mass is 10.2. The molecule has 5 heteroatoms. The standard InChI is InChI=1S/C17H23N3O2/c1-17(2,3)22-16(21)19-12-6-11-18-15-10-9-13-7-4-5-8-14(13)20-15/h4-5,7-10H,6,11-12H2,1-3H3,(H,18,20)(H,19,21). The van der Waals surface area contributed by atoms with Crippen LogP contribution >= 0.6 is 0 Å². The summed E-state index contributed by atoms with van der Waals surface area (Å²) in [5, 5.41) is 7.11. The SMILES string of the molecule is CC(C)(C)OC(=O)NCCCNc1ccc2ccccc2n1. The normalized spacial score (nSPS) is 11.2. The third kappa shape index (κ3) is 5.24. The first-order valence-corrected chi connectivity index (χ1v) is 7.50. The van der Waals surface area contributed by atoms with Crippen LogP contribution in [0.4, 0.5) is 10.6 Å². The maximum Gasteiger partial charge on any atom is 0.407 e. The minimum absolute atomic E-state index is 0.378. The van der Waals surface area contributed by atoms with E-state index in [2.05, 4.69) is 15.6 Å². The first-order chi connectivity index (χ1) is 10.4. The highest BCUT2D eigenvalue weighted by Crippen LogP contribution is 2.14. The Hall–Kier alpha value is -2.30. The number of hydrogen-bond donors (Lipinski definition) is 2. The smallest absolute Gasteiger partial charge is 0.407 e. The molecular weight excluding hydrogens is 278 g/mol. The van der Waals surface area contributed by atoms with Crippen molar-refractivity contribution >= 4 is 22.8 Å². The molecule has 2 aromatic rings. The number of carbonyl (C=O) groups excluding carboxylic acids is 1. The number of ether oxygens (including phenoxy) is 1. The van der Waals surface area contributed by atoms with Crippen molar-refractivity contribution < 1.29 is 9.53 Å². The third-order valence-corrected chi connectivity index (χ3v) is 2.93. The molecule has 0 aliphatic heterocycles. The molecule has 118 valence electrons. The molecule has 5 nitrogen and oxygen atoms in total. The number of rotatable bonds is 5. The number of carbonyl (C=O) groups is 1. The summed E-state index contributed by atoms with van der Waals surface area (Å²) in [4.78, 5) is 16.0. The van der Waals surface area contributed by atoms with Crippen LogP contribution < -0.4 is 10.6 Å².